The van der Waals surface area contributed by atoms with Gasteiger partial charge in [0, 0.05) is 49.8 Å². The highest BCUT2D eigenvalue weighted by molar-refractivity contribution is 6.08. The van der Waals surface area contributed by atoms with Crippen LogP contribution in [0.15, 0.2) is 48.9 Å². The number of benzene rings is 1. The summed E-state index contributed by atoms with van der Waals surface area (Å²) >= 11 is 0. The summed E-state index contributed by atoms with van der Waals surface area (Å²) in [5.41, 5.74) is 2.59. The standard InChI is InChI=1S/C24H30N6O/c1-25-24(31)21-12-20(11-19-5-8-26-16-22(19)21)27-14-18-3-4-23(29-15-18)28-13-17-6-9-30(2)10-7-17/h3-5,8,11-12,15-17,27H,6-7,9-10,13-14H2,1-2H3,(H,25,31)(H,28,29). The molecule has 0 bridgehead atoms. The Kier molecular flexibility index (Phi) is 6.62. The molecule has 3 heterocycles. The number of carbonyl (C=O) groups excluding carboxylic acids is 1. The molecule has 2 aromatic heterocycles. The molecule has 1 amide bonds. The van der Waals surface area contributed by atoms with Crippen LogP contribution < -0.4 is 16.0 Å². The highest BCUT2D eigenvalue weighted by atomic mass is 16.1. The van der Waals surface area contributed by atoms with Crippen molar-refractivity contribution < 1.29 is 4.79 Å². The molecule has 162 valence electrons. The SMILES string of the molecule is CNC(=O)c1cc(NCc2ccc(NCC3CCN(C)CC3)nc2)cc2ccncc12. The van der Waals surface area contributed by atoms with Crippen LogP contribution in [0.5, 0.6) is 0 Å². The van der Waals surface area contributed by atoms with Gasteiger partial charge in [0.1, 0.15) is 5.82 Å². The van der Waals surface area contributed by atoms with Crippen LogP contribution in [0, 0.1) is 5.92 Å². The zero-order valence-corrected chi connectivity index (χ0v) is 18.2. The van der Waals surface area contributed by atoms with Gasteiger partial charge in [0.25, 0.3) is 5.91 Å². The Morgan fingerprint density at radius 1 is 1.13 bits per heavy atom. The first-order valence-electron chi connectivity index (χ1n) is 10.8. The Morgan fingerprint density at radius 2 is 1.97 bits per heavy atom. The fourth-order valence-electron chi connectivity index (χ4n) is 3.98. The molecule has 3 aromatic rings. The topological polar surface area (TPSA) is 82.2 Å². The van der Waals surface area contributed by atoms with Gasteiger partial charge in [-0.1, -0.05) is 6.07 Å². The lowest BCUT2D eigenvalue weighted by Gasteiger charge is -2.29. The van der Waals surface area contributed by atoms with Crippen LogP contribution in [0.4, 0.5) is 11.5 Å². The van der Waals surface area contributed by atoms with Crippen molar-refractivity contribution in [3.63, 3.8) is 0 Å². The van der Waals surface area contributed by atoms with E-state index >= 15 is 0 Å². The van der Waals surface area contributed by atoms with E-state index in [0.717, 1.165) is 40.3 Å². The van der Waals surface area contributed by atoms with Crippen molar-refractivity contribution in [1.82, 2.24) is 20.2 Å². The van der Waals surface area contributed by atoms with E-state index in [1.807, 2.05) is 30.5 Å². The molecule has 1 fully saturated rings. The van der Waals surface area contributed by atoms with Gasteiger partial charge in [-0.25, -0.2) is 4.98 Å². The van der Waals surface area contributed by atoms with E-state index in [0.29, 0.717) is 12.1 Å². The third kappa shape index (κ3) is 5.30. The molecule has 31 heavy (non-hydrogen) atoms. The number of anilines is 2. The van der Waals surface area contributed by atoms with E-state index in [9.17, 15) is 4.79 Å². The molecule has 0 spiro atoms. The normalized spacial score (nSPS) is 15.0. The van der Waals surface area contributed by atoms with Crippen molar-refractivity contribution in [2.75, 3.05) is 44.4 Å². The number of rotatable bonds is 7. The first kappa shape index (κ1) is 21.1. The van der Waals surface area contributed by atoms with Gasteiger partial charge >= 0.3 is 0 Å². The second-order valence-corrected chi connectivity index (χ2v) is 8.23. The molecule has 4 rings (SSSR count). The maximum atomic E-state index is 12.3. The first-order chi connectivity index (χ1) is 15.1. The second kappa shape index (κ2) is 9.75. The summed E-state index contributed by atoms with van der Waals surface area (Å²) in [6, 6.07) is 9.94. The number of piperidine rings is 1. The van der Waals surface area contributed by atoms with Crippen LogP contribution in [-0.4, -0.2) is 54.5 Å². The second-order valence-electron chi connectivity index (χ2n) is 8.23. The predicted octanol–water partition coefficient (Wildman–Crippen LogP) is 3.36. The van der Waals surface area contributed by atoms with Gasteiger partial charge in [0.15, 0.2) is 0 Å². The molecule has 0 aliphatic carbocycles. The lowest BCUT2D eigenvalue weighted by Crippen LogP contribution is -2.33. The summed E-state index contributed by atoms with van der Waals surface area (Å²) in [6.07, 6.45) is 7.84. The number of nitrogens with zero attached hydrogens (tertiary/aromatic N) is 3. The average molecular weight is 419 g/mol. The Morgan fingerprint density at radius 3 is 2.71 bits per heavy atom. The molecule has 7 heteroatoms. The van der Waals surface area contributed by atoms with Crippen molar-refractivity contribution in [2.24, 2.45) is 5.92 Å². The maximum Gasteiger partial charge on any atom is 0.251 e. The van der Waals surface area contributed by atoms with E-state index in [2.05, 4.69) is 43.9 Å². The number of pyridine rings is 2. The minimum Gasteiger partial charge on any atom is -0.381 e. The van der Waals surface area contributed by atoms with Crippen molar-refractivity contribution in [3.8, 4) is 0 Å². The zero-order valence-electron chi connectivity index (χ0n) is 18.2. The molecule has 0 radical (unpaired) electrons. The van der Waals surface area contributed by atoms with Crippen molar-refractivity contribution in [1.29, 1.82) is 0 Å². The molecule has 7 nitrogen and oxygen atoms in total. The highest BCUT2D eigenvalue weighted by Gasteiger charge is 2.16. The number of amides is 1. The summed E-state index contributed by atoms with van der Waals surface area (Å²) < 4.78 is 0. The number of carbonyl (C=O) groups is 1. The van der Waals surface area contributed by atoms with E-state index in [4.69, 9.17) is 0 Å². The van der Waals surface area contributed by atoms with Gasteiger partial charge in [-0.2, -0.15) is 0 Å². The lowest BCUT2D eigenvalue weighted by molar-refractivity contribution is 0.0964. The summed E-state index contributed by atoms with van der Waals surface area (Å²) in [6.45, 7) is 3.97. The van der Waals surface area contributed by atoms with Gasteiger partial charge < -0.3 is 20.9 Å². The summed E-state index contributed by atoms with van der Waals surface area (Å²) in [5.74, 6) is 1.52. The fraction of sp³-hybridized carbons (Fsp3) is 0.375. The van der Waals surface area contributed by atoms with E-state index in [1.54, 1.807) is 19.4 Å². The van der Waals surface area contributed by atoms with Gasteiger partial charge in [0.2, 0.25) is 0 Å². The Labute approximate surface area is 183 Å². The van der Waals surface area contributed by atoms with Gasteiger partial charge in [-0.3, -0.25) is 9.78 Å². The van der Waals surface area contributed by atoms with Crippen LogP contribution >= 0.6 is 0 Å². The fourth-order valence-corrected chi connectivity index (χ4v) is 3.98. The van der Waals surface area contributed by atoms with Crippen LogP contribution in [0.25, 0.3) is 10.8 Å². The lowest BCUT2D eigenvalue weighted by atomic mass is 9.97. The molecule has 0 atom stereocenters. The first-order valence-corrected chi connectivity index (χ1v) is 10.8. The van der Waals surface area contributed by atoms with Gasteiger partial charge in [-0.15, -0.1) is 0 Å². The van der Waals surface area contributed by atoms with E-state index in [1.165, 1.54) is 25.9 Å². The molecular weight excluding hydrogens is 388 g/mol. The van der Waals surface area contributed by atoms with Crippen molar-refractivity contribution >= 4 is 28.2 Å². The van der Waals surface area contributed by atoms with Gasteiger partial charge in [0.05, 0.1) is 5.56 Å². The summed E-state index contributed by atoms with van der Waals surface area (Å²) in [4.78, 5) is 23.4. The largest absolute Gasteiger partial charge is 0.381 e. The van der Waals surface area contributed by atoms with Gasteiger partial charge in [-0.05, 0) is 74.1 Å². The molecule has 1 aliphatic rings. The van der Waals surface area contributed by atoms with Crippen molar-refractivity contribution in [2.45, 2.75) is 19.4 Å². The number of hydrogen-bond donors (Lipinski definition) is 3. The minimum absolute atomic E-state index is 0.122. The average Bonchev–Trinajstić information content (AvgIpc) is 2.82. The number of aromatic nitrogens is 2. The number of fused-ring (bicyclic) bond motifs is 1. The van der Waals surface area contributed by atoms with Crippen LogP contribution in [0.3, 0.4) is 0 Å². The third-order valence-corrected chi connectivity index (χ3v) is 5.96. The number of nitrogens with one attached hydrogen (secondary N) is 3. The number of hydrogen-bond acceptors (Lipinski definition) is 6. The molecule has 1 aliphatic heterocycles. The molecule has 1 saturated heterocycles. The van der Waals surface area contributed by atoms with Crippen molar-refractivity contribution in [3.05, 3.63) is 60.0 Å². The summed E-state index contributed by atoms with van der Waals surface area (Å²) in [5, 5.41) is 11.4. The highest BCUT2D eigenvalue weighted by Crippen LogP contribution is 2.24. The summed E-state index contributed by atoms with van der Waals surface area (Å²) in [7, 11) is 3.82. The van der Waals surface area contributed by atoms with Crippen LogP contribution in [0.2, 0.25) is 0 Å². The molecule has 3 N–H and O–H groups in total. The molecule has 0 saturated carbocycles. The van der Waals surface area contributed by atoms with E-state index in [-0.39, 0.29) is 5.91 Å². The van der Waals surface area contributed by atoms with Crippen LogP contribution in [0.1, 0.15) is 28.8 Å². The van der Waals surface area contributed by atoms with Crippen LogP contribution in [-0.2, 0) is 6.54 Å². The van der Waals surface area contributed by atoms with E-state index < -0.39 is 0 Å². The maximum absolute atomic E-state index is 12.3. The Balaban J connectivity index is 1.37. The molecular formula is C24H30N6O. The minimum atomic E-state index is -0.122. The quantitative estimate of drug-likeness (QED) is 0.546. The molecule has 0 unspecified atom stereocenters. The zero-order chi connectivity index (χ0) is 21.6. The third-order valence-electron chi connectivity index (χ3n) is 5.96. The smallest absolute Gasteiger partial charge is 0.251 e. The molecule has 1 aromatic carbocycles. The Bertz CT molecular complexity index is 1030. The number of likely N-dealkylation sites (tertiary alicyclic amines) is 1. The predicted molar refractivity (Wildman–Crippen MR) is 125 cm³/mol. The monoisotopic (exact) mass is 418 g/mol. The Hall–Kier alpha value is -3.19.